The van der Waals surface area contributed by atoms with Crippen molar-refractivity contribution in [1.82, 2.24) is 25.5 Å². The van der Waals surface area contributed by atoms with E-state index in [4.69, 9.17) is 6.21 Å². The fourth-order valence-corrected chi connectivity index (χ4v) is 3.51. The van der Waals surface area contributed by atoms with E-state index in [-0.39, 0.29) is 63.7 Å². The Bertz CT molecular complexity index is 730. The van der Waals surface area contributed by atoms with Gasteiger partial charge in [-0.15, -0.1) is 5.06 Å². The van der Waals surface area contributed by atoms with E-state index < -0.39 is 23.2 Å². The molecule has 0 saturated carbocycles. The number of carbonyl (C=O) groups is 5. The van der Waals surface area contributed by atoms with Crippen LogP contribution in [0.5, 0.6) is 0 Å². The van der Waals surface area contributed by atoms with Crippen molar-refractivity contribution >= 4 is 29.6 Å². The zero-order valence-electron chi connectivity index (χ0n) is 19.4. The standard InChI is InChI=1S/C20H33N5O6/c1-20(2,14-13-23(3)11-12-24(14)4)19(30)22-9-7-15(26)21-10-8-18(29)31-25-16(27)5-6-17(25)28/h14H,5-13H2,1-4H3,(H,21,26)(H,22,30)/i4D. The smallest absolute Gasteiger partial charge is 0.334 e. The largest absolute Gasteiger partial charge is 0.355 e. The average Bonchev–Trinajstić information content (AvgIpc) is 3.05. The molecule has 2 saturated heterocycles. The number of imide groups is 1. The maximum Gasteiger partial charge on any atom is 0.334 e. The summed E-state index contributed by atoms with van der Waals surface area (Å²) in [7, 11) is 2.11. The van der Waals surface area contributed by atoms with E-state index in [0.29, 0.717) is 11.6 Å². The van der Waals surface area contributed by atoms with E-state index in [1.165, 1.54) is 0 Å². The lowest BCUT2D eigenvalue weighted by atomic mass is 9.81. The number of carbonyl (C=O) groups excluding carboxylic acids is 5. The van der Waals surface area contributed by atoms with Crippen LogP contribution in [0.4, 0.5) is 0 Å². The van der Waals surface area contributed by atoms with Crippen LogP contribution in [-0.2, 0) is 28.8 Å². The maximum absolute atomic E-state index is 12.8. The molecule has 11 nitrogen and oxygen atoms in total. The van der Waals surface area contributed by atoms with Gasteiger partial charge in [0.1, 0.15) is 0 Å². The van der Waals surface area contributed by atoms with Crippen molar-refractivity contribution in [3.05, 3.63) is 0 Å². The fraction of sp³-hybridized carbons (Fsp3) is 0.750. The zero-order chi connectivity index (χ0) is 23.9. The van der Waals surface area contributed by atoms with Gasteiger partial charge in [-0.1, -0.05) is 0 Å². The SMILES string of the molecule is [2H]CN1CCN(C)CC1C(C)(C)C(=O)NCCC(=O)NCCC(=O)ON1C(=O)CCC1=O. The molecule has 1 unspecified atom stereocenters. The second-order valence-electron chi connectivity index (χ2n) is 8.46. The number of hydroxylamine groups is 2. The molecular formula is C20H33N5O6. The Balaban J connectivity index is 1.68. The third-order valence-corrected chi connectivity index (χ3v) is 5.60. The molecule has 11 heteroatoms. The first kappa shape index (κ1) is 23.1. The summed E-state index contributed by atoms with van der Waals surface area (Å²) in [5.74, 6) is -2.45. The van der Waals surface area contributed by atoms with Gasteiger partial charge in [0.05, 0.1) is 11.8 Å². The summed E-state index contributed by atoms with van der Waals surface area (Å²) in [6.45, 7) is 6.08. The Hall–Kier alpha value is -2.53. The topological polar surface area (TPSA) is 128 Å². The first-order valence-corrected chi connectivity index (χ1v) is 10.4. The second kappa shape index (κ2) is 10.7. The van der Waals surface area contributed by atoms with Crippen LogP contribution in [0, 0.1) is 5.41 Å². The van der Waals surface area contributed by atoms with E-state index in [0.717, 1.165) is 13.1 Å². The maximum atomic E-state index is 12.8. The van der Waals surface area contributed by atoms with Crippen molar-refractivity contribution < 1.29 is 30.2 Å². The predicted molar refractivity (Wildman–Crippen MR) is 110 cm³/mol. The van der Waals surface area contributed by atoms with Crippen molar-refractivity contribution in [3.63, 3.8) is 0 Å². The summed E-state index contributed by atoms with van der Waals surface area (Å²) in [6, 6.07) is -0.104. The third kappa shape index (κ3) is 6.73. The van der Waals surface area contributed by atoms with E-state index >= 15 is 0 Å². The molecule has 2 N–H and O–H groups in total. The van der Waals surface area contributed by atoms with Crippen molar-refractivity contribution in [1.29, 1.82) is 0 Å². The molecule has 2 heterocycles. The number of hydrogen-bond donors (Lipinski definition) is 2. The quantitative estimate of drug-likeness (QED) is 0.432. The van der Waals surface area contributed by atoms with Crippen LogP contribution in [0.2, 0.25) is 0 Å². The van der Waals surface area contributed by atoms with Gasteiger partial charge in [0.15, 0.2) is 0 Å². The number of likely N-dealkylation sites (N-methyl/N-ethyl adjacent to an activating group) is 2. The van der Waals surface area contributed by atoms with E-state index in [2.05, 4.69) is 15.5 Å². The highest BCUT2D eigenvalue weighted by Gasteiger charge is 2.41. The summed E-state index contributed by atoms with van der Waals surface area (Å²) in [4.78, 5) is 68.1. The normalized spacial score (nSPS) is 21.1. The monoisotopic (exact) mass is 440 g/mol. The van der Waals surface area contributed by atoms with Gasteiger partial charge in [-0.25, -0.2) is 4.79 Å². The lowest BCUT2D eigenvalue weighted by Gasteiger charge is -2.45. The number of piperazine rings is 1. The Morgan fingerprint density at radius 1 is 1.10 bits per heavy atom. The Kier molecular flexibility index (Phi) is 7.97. The molecular weight excluding hydrogens is 406 g/mol. The van der Waals surface area contributed by atoms with Crippen LogP contribution in [0.3, 0.4) is 0 Å². The predicted octanol–water partition coefficient (Wildman–Crippen LogP) is -1.12. The molecule has 0 bridgehead atoms. The molecule has 2 aliphatic rings. The van der Waals surface area contributed by atoms with Gasteiger partial charge in [0, 0.05) is 59.4 Å². The van der Waals surface area contributed by atoms with Crippen LogP contribution in [0.15, 0.2) is 0 Å². The molecule has 31 heavy (non-hydrogen) atoms. The third-order valence-electron chi connectivity index (χ3n) is 5.60. The van der Waals surface area contributed by atoms with Crippen molar-refractivity contribution in [2.45, 2.75) is 45.6 Å². The summed E-state index contributed by atoms with van der Waals surface area (Å²) in [6.07, 6.45) is -0.124. The molecule has 0 spiro atoms. The van der Waals surface area contributed by atoms with Crippen molar-refractivity contribution in [3.8, 4) is 0 Å². The van der Waals surface area contributed by atoms with E-state index in [1.807, 2.05) is 25.8 Å². The lowest BCUT2D eigenvalue weighted by molar-refractivity contribution is -0.197. The van der Waals surface area contributed by atoms with Crippen LogP contribution in [0.1, 0.15) is 40.9 Å². The van der Waals surface area contributed by atoms with Crippen LogP contribution < -0.4 is 10.6 Å². The molecule has 0 aromatic carbocycles. The van der Waals surface area contributed by atoms with Gasteiger partial charge < -0.3 is 20.4 Å². The molecule has 4 amide bonds. The Morgan fingerprint density at radius 3 is 2.39 bits per heavy atom. The number of amides is 4. The first-order chi connectivity index (χ1) is 15.1. The number of nitrogens with one attached hydrogen (secondary N) is 2. The molecule has 0 aromatic rings. The van der Waals surface area contributed by atoms with Crippen molar-refractivity contribution in [2.24, 2.45) is 5.41 Å². The van der Waals surface area contributed by atoms with Crippen LogP contribution in [0.25, 0.3) is 0 Å². The Morgan fingerprint density at radius 2 is 1.74 bits per heavy atom. The van der Waals surface area contributed by atoms with Crippen molar-refractivity contribution in [2.75, 3.05) is 46.8 Å². The van der Waals surface area contributed by atoms with Crippen LogP contribution >= 0.6 is 0 Å². The van der Waals surface area contributed by atoms with Gasteiger partial charge in [0.25, 0.3) is 11.8 Å². The van der Waals surface area contributed by atoms with Gasteiger partial charge in [0.2, 0.25) is 11.8 Å². The Labute approximate surface area is 183 Å². The fourth-order valence-electron chi connectivity index (χ4n) is 3.51. The molecule has 0 aliphatic carbocycles. The molecule has 0 radical (unpaired) electrons. The second-order valence-corrected chi connectivity index (χ2v) is 8.46. The zero-order valence-corrected chi connectivity index (χ0v) is 18.4. The molecule has 2 aliphatic heterocycles. The summed E-state index contributed by atoms with van der Waals surface area (Å²) in [5, 5.41) is 5.79. The summed E-state index contributed by atoms with van der Waals surface area (Å²) in [5.41, 5.74) is -0.736. The summed E-state index contributed by atoms with van der Waals surface area (Å²) < 4.78 is 7.74. The van der Waals surface area contributed by atoms with E-state index in [9.17, 15) is 24.0 Å². The minimum Gasteiger partial charge on any atom is -0.355 e. The van der Waals surface area contributed by atoms with Crippen LogP contribution in [-0.4, -0.2) is 97.3 Å². The lowest BCUT2D eigenvalue weighted by Crippen LogP contribution is -2.60. The van der Waals surface area contributed by atoms with Gasteiger partial charge in [-0.2, -0.15) is 0 Å². The molecule has 174 valence electrons. The van der Waals surface area contributed by atoms with Gasteiger partial charge >= 0.3 is 5.97 Å². The summed E-state index contributed by atoms with van der Waals surface area (Å²) >= 11 is 0. The molecule has 2 rings (SSSR count). The number of hydrogen-bond acceptors (Lipinski definition) is 8. The highest BCUT2D eigenvalue weighted by molar-refractivity contribution is 6.01. The highest BCUT2D eigenvalue weighted by Crippen LogP contribution is 2.27. The van der Waals surface area contributed by atoms with Gasteiger partial charge in [-0.3, -0.25) is 24.1 Å². The molecule has 1 atom stereocenters. The highest BCUT2D eigenvalue weighted by atomic mass is 16.7. The molecule has 2 fully saturated rings. The minimum atomic E-state index is -0.791. The van der Waals surface area contributed by atoms with E-state index in [1.54, 1.807) is 0 Å². The number of nitrogens with zero attached hydrogens (tertiary/aromatic N) is 3. The minimum absolute atomic E-state index is 0.0137. The molecule has 0 aromatic heterocycles. The van der Waals surface area contributed by atoms with Gasteiger partial charge in [-0.05, 0) is 27.9 Å². The number of rotatable bonds is 9. The first-order valence-electron chi connectivity index (χ1n) is 11.1. The average molecular weight is 441 g/mol.